The molecule has 0 unspecified atom stereocenters. The van der Waals surface area contributed by atoms with Gasteiger partial charge in [-0.2, -0.15) is 5.10 Å². The maximum atomic E-state index is 10.6. The van der Waals surface area contributed by atoms with Gasteiger partial charge in [-0.15, -0.1) is 22.6 Å². The van der Waals surface area contributed by atoms with E-state index in [-0.39, 0.29) is 18.8 Å². The number of rotatable bonds is 3. The number of hydrogen-bond donors (Lipinski definition) is 1. The van der Waals surface area contributed by atoms with Gasteiger partial charge in [0.15, 0.2) is 5.65 Å². The Morgan fingerprint density at radius 1 is 1.47 bits per heavy atom. The van der Waals surface area contributed by atoms with Gasteiger partial charge >= 0.3 is 5.97 Å². The molecule has 92 valence electrons. The number of nitrogens with zero attached hydrogens (tertiary/aromatic N) is 4. The van der Waals surface area contributed by atoms with Crippen LogP contribution in [-0.2, 0) is 11.2 Å². The first-order valence-electron chi connectivity index (χ1n) is 4.97. The van der Waals surface area contributed by atoms with E-state index in [2.05, 4.69) is 15.3 Å². The number of aromatic nitrogens is 4. The summed E-state index contributed by atoms with van der Waals surface area (Å²) < 4.78 is 1.61. The standard InChI is InChI=1S/C10H12N4O2.ClH/c1-6-8(3-4-9(15)16)7(2)13-14-5-11-12-10(6)14;/h5H,3-4H2,1-2H3,(H,15,16);1H. The lowest BCUT2D eigenvalue weighted by molar-refractivity contribution is -0.136. The molecular weight excluding hydrogens is 244 g/mol. The van der Waals surface area contributed by atoms with E-state index >= 15 is 0 Å². The molecule has 0 bridgehead atoms. The molecule has 0 aliphatic rings. The van der Waals surface area contributed by atoms with E-state index in [0.29, 0.717) is 12.1 Å². The highest BCUT2D eigenvalue weighted by Gasteiger charge is 2.11. The summed E-state index contributed by atoms with van der Waals surface area (Å²) in [6.07, 6.45) is 2.12. The number of carbonyl (C=O) groups is 1. The van der Waals surface area contributed by atoms with Crippen LogP contribution in [0.1, 0.15) is 23.2 Å². The van der Waals surface area contributed by atoms with Gasteiger partial charge in [-0.05, 0) is 25.8 Å². The normalized spacial score (nSPS) is 10.2. The Kier molecular flexibility index (Phi) is 4.01. The van der Waals surface area contributed by atoms with Crippen LogP contribution < -0.4 is 0 Å². The maximum absolute atomic E-state index is 10.6. The monoisotopic (exact) mass is 256 g/mol. The Morgan fingerprint density at radius 2 is 2.18 bits per heavy atom. The predicted octanol–water partition coefficient (Wildman–Crippen LogP) is 1.18. The van der Waals surface area contributed by atoms with Crippen molar-refractivity contribution in [3.05, 3.63) is 23.1 Å². The summed E-state index contributed by atoms with van der Waals surface area (Å²) in [7, 11) is 0. The Hall–Kier alpha value is -1.69. The number of carboxylic acids is 1. The van der Waals surface area contributed by atoms with Crippen molar-refractivity contribution in [2.45, 2.75) is 26.7 Å². The molecule has 2 aromatic rings. The molecule has 0 aliphatic carbocycles. The molecule has 17 heavy (non-hydrogen) atoms. The number of carboxylic acid groups (broad SMARTS) is 1. The molecule has 0 aromatic carbocycles. The van der Waals surface area contributed by atoms with Crippen molar-refractivity contribution >= 4 is 24.0 Å². The summed E-state index contributed by atoms with van der Waals surface area (Å²) in [4.78, 5) is 10.6. The van der Waals surface area contributed by atoms with E-state index in [4.69, 9.17) is 5.11 Å². The fraction of sp³-hybridized carbons (Fsp3) is 0.400. The minimum atomic E-state index is -0.805. The lowest BCUT2D eigenvalue weighted by Gasteiger charge is -2.08. The third-order valence-corrected chi connectivity index (χ3v) is 2.60. The third-order valence-electron chi connectivity index (χ3n) is 2.60. The van der Waals surface area contributed by atoms with Crippen LogP contribution >= 0.6 is 12.4 Å². The third kappa shape index (κ3) is 2.52. The molecule has 7 heteroatoms. The molecule has 6 nitrogen and oxygen atoms in total. The first-order valence-corrected chi connectivity index (χ1v) is 4.97. The van der Waals surface area contributed by atoms with E-state index in [1.165, 1.54) is 6.33 Å². The summed E-state index contributed by atoms with van der Waals surface area (Å²) >= 11 is 0. The average molecular weight is 257 g/mol. The molecule has 0 amide bonds. The van der Waals surface area contributed by atoms with E-state index in [1.54, 1.807) is 4.52 Å². The van der Waals surface area contributed by atoms with Gasteiger partial charge in [0, 0.05) is 12.0 Å². The average Bonchev–Trinajstić information content (AvgIpc) is 2.64. The minimum Gasteiger partial charge on any atom is -0.481 e. The number of halogens is 1. The highest BCUT2D eigenvalue weighted by Crippen LogP contribution is 2.16. The lowest BCUT2D eigenvalue weighted by Crippen LogP contribution is -2.06. The van der Waals surface area contributed by atoms with Crippen molar-refractivity contribution in [3.63, 3.8) is 0 Å². The molecule has 2 heterocycles. The van der Waals surface area contributed by atoms with Crippen LogP contribution in [0.15, 0.2) is 6.33 Å². The van der Waals surface area contributed by atoms with E-state index < -0.39 is 5.97 Å². The SMILES string of the molecule is Cc1nn2cnnc2c(C)c1CCC(=O)O.Cl. The van der Waals surface area contributed by atoms with Crippen LogP contribution in [0.25, 0.3) is 5.65 Å². The summed E-state index contributed by atoms with van der Waals surface area (Å²) in [6.45, 7) is 3.78. The Labute approximate surface area is 104 Å². The molecule has 0 saturated carbocycles. The molecule has 0 spiro atoms. The zero-order valence-corrected chi connectivity index (χ0v) is 10.4. The molecule has 0 radical (unpaired) electrons. The lowest BCUT2D eigenvalue weighted by atomic mass is 10.0. The topological polar surface area (TPSA) is 80.4 Å². The first kappa shape index (κ1) is 13.4. The fourth-order valence-corrected chi connectivity index (χ4v) is 1.78. The molecule has 0 fully saturated rings. The quantitative estimate of drug-likeness (QED) is 0.892. The van der Waals surface area contributed by atoms with Crippen LogP contribution in [0.2, 0.25) is 0 Å². The van der Waals surface area contributed by atoms with Crippen LogP contribution in [-0.4, -0.2) is 30.9 Å². The Balaban J connectivity index is 0.00000144. The van der Waals surface area contributed by atoms with Gasteiger partial charge in [-0.1, -0.05) is 0 Å². The van der Waals surface area contributed by atoms with Crippen LogP contribution in [0.3, 0.4) is 0 Å². The molecule has 0 saturated heterocycles. The van der Waals surface area contributed by atoms with E-state index in [0.717, 1.165) is 16.8 Å². The summed E-state index contributed by atoms with van der Waals surface area (Å²) in [6, 6.07) is 0. The Morgan fingerprint density at radius 3 is 2.82 bits per heavy atom. The molecule has 0 atom stereocenters. The maximum Gasteiger partial charge on any atom is 0.303 e. The van der Waals surface area contributed by atoms with Crippen molar-refractivity contribution in [2.24, 2.45) is 0 Å². The van der Waals surface area contributed by atoms with Gasteiger partial charge in [-0.25, -0.2) is 4.52 Å². The number of aliphatic carboxylic acids is 1. The first-order chi connectivity index (χ1) is 7.59. The predicted molar refractivity (Wildman–Crippen MR) is 63.5 cm³/mol. The van der Waals surface area contributed by atoms with E-state index in [9.17, 15) is 4.79 Å². The molecule has 0 aliphatic heterocycles. The largest absolute Gasteiger partial charge is 0.481 e. The van der Waals surface area contributed by atoms with Crippen LogP contribution in [0, 0.1) is 13.8 Å². The summed E-state index contributed by atoms with van der Waals surface area (Å²) in [5, 5.41) is 20.7. The van der Waals surface area contributed by atoms with Gasteiger partial charge in [0.1, 0.15) is 6.33 Å². The van der Waals surface area contributed by atoms with Gasteiger partial charge in [0.2, 0.25) is 0 Å². The zero-order chi connectivity index (χ0) is 11.7. The fourth-order valence-electron chi connectivity index (χ4n) is 1.78. The van der Waals surface area contributed by atoms with E-state index in [1.807, 2.05) is 13.8 Å². The molecular formula is C10H13ClN4O2. The minimum absolute atomic E-state index is 0. The van der Waals surface area contributed by atoms with Crippen molar-refractivity contribution in [2.75, 3.05) is 0 Å². The molecule has 2 aromatic heterocycles. The van der Waals surface area contributed by atoms with Crippen molar-refractivity contribution < 1.29 is 9.90 Å². The molecule has 1 N–H and O–H groups in total. The second-order valence-corrected chi connectivity index (χ2v) is 3.68. The summed E-state index contributed by atoms with van der Waals surface area (Å²) in [5.41, 5.74) is 3.41. The molecule has 2 rings (SSSR count). The number of fused-ring (bicyclic) bond motifs is 1. The smallest absolute Gasteiger partial charge is 0.303 e. The van der Waals surface area contributed by atoms with Crippen molar-refractivity contribution in [1.82, 2.24) is 19.8 Å². The van der Waals surface area contributed by atoms with Gasteiger partial charge in [0.25, 0.3) is 0 Å². The van der Waals surface area contributed by atoms with Crippen LogP contribution in [0.4, 0.5) is 0 Å². The Bertz CT molecular complexity index is 552. The summed E-state index contributed by atoms with van der Waals surface area (Å²) in [5.74, 6) is -0.805. The van der Waals surface area contributed by atoms with Gasteiger partial charge in [-0.3, -0.25) is 4.79 Å². The number of aryl methyl sites for hydroxylation is 2. The second-order valence-electron chi connectivity index (χ2n) is 3.68. The highest BCUT2D eigenvalue weighted by atomic mass is 35.5. The van der Waals surface area contributed by atoms with Gasteiger partial charge < -0.3 is 5.11 Å². The zero-order valence-electron chi connectivity index (χ0n) is 9.54. The van der Waals surface area contributed by atoms with Crippen molar-refractivity contribution in [1.29, 1.82) is 0 Å². The van der Waals surface area contributed by atoms with Gasteiger partial charge in [0.05, 0.1) is 5.69 Å². The number of hydrogen-bond acceptors (Lipinski definition) is 4. The van der Waals surface area contributed by atoms with Crippen molar-refractivity contribution in [3.8, 4) is 0 Å². The highest BCUT2D eigenvalue weighted by molar-refractivity contribution is 5.85. The second kappa shape index (κ2) is 5.09. The van der Waals surface area contributed by atoms with Crippen LogP contribution in [0.5, 0.6) is 0 Å².